The highest BCUT2D eigenvalue weighted by Crippen LogP contribution is 2.47. The fourth-order valence-corrected chi connectivity index (χ4v) is 7.32. The molecule has 0 saturated heterocycles. The van der Waals surface area contributed by atoms with E-state index in [1.54, 1.807) is 0 Å². The summed E-state index contributed by atoms with van der Waals surface area (Å²) < 4.78 is 4.94. The molecule has 0 spiro atoms. The van der Waals surface area contributed by atoms with Crippen LogP contribution in [-0.4, -0.2) is 9.13 Å². The summed E-state index contributed by atoms with van der Waals surface area (Å²) in [4.78, 5) is 0. The maximum atomic E-state index is 2.52. The van der Waals surface area contributed by atoms with Gasteiger partial charge in [0.2, 0.25) is 0 Å². The van der Waals surface area contributed by atoms with Crippen LogP contribution in [0.1, 0.15) is 17.0 Å². The predicted octanol–water partition coefficient (Wildman–Crippen LogP) is 9.26. The highest BCUT2D eigenvalue weighted by molar-refractivity contribution is 6.11. The Morgan fingerprint density at radius 1 is 0.513 bits per heavy atom. The molecule has 184 valence electrons. The average Bonchev–Trinajstić information content (AvgIpc) is 3.65. The first kappa shape index (κ1) is 21.2. The van der Waals surface area contributed by atoms with Crippen LogP contribution in [0, 0.1) is 5.92 Å². The van der Waals surface area contributed by atoms with Crippen LogP contribution in [0.5, 0.6) is 0 Å². The van der Waals surface area contributed by atoms with Gasteiger partial charge >= 0.3 is 0 Å². The Bertz CT molecular complexity index is 2060. The molecule has 2 nitrogen and oxygen atoms in total. The second-order valence-corrected chi connectivity index (χ2v) is 10.9. The Hall–Kier alpha value is -4.82. The predicted molar refractivity (Wildman–Crippen MR) is 164 cm³/mol. The van der Waals surface area contributed by atoms with Crippen LogP contribution < -0.4 is 0 Å². The molecular formula is C37H26N2. The number of benzene rings is 5. The lowest BCUT2D eigenvalue weighted by Crippen LogP contribution is -2.09. The van der Waals surface area contributed by atoms with Crippen molar-refractivity contribution in [2.24, 2.45) is 5.92 Å². The highest BCUT2D eigenvalue weighted by atomic mass is 15.0. The summed E-state index contributed by atoms with van der Waals surface area (Å²) in [5.41, 5.74) is 10.6. The van der Waals surface area contributed by atoms with E-state index >= 15 is 0 Å². The van der Waals surface area contributed by atoms with E-state index in [-0.39, 0.29) is 0 Å². The number of allylic oxidation sites excluding steroid dienone is 4. The van der Waals surface area contributed by atoms with E-state index in [2.05, 4.69) is 143 Å². The van der Waals surface area contributed by atoms with E-state index in [1.807, 2.05) is 0 Å². The van der Waals surface area contributed by atoms with E-state index in [1.165, 1.54) is 66.1 Å². The molecule has 7 aromatic rings. The molecule has 0 fully saturated rings. The number of aromatic nitrogens is 2. The van der Waals surface area contributed by atoms with Crippen molar-refractivity contribution in [2.45, 2.75) is 12.3 Å². The quantitative estimate of drug-likeness (QED) is 0.225. The minimum absolute atomic E-state index is 0.368. The largest absolute Gasteiger partial charge is 0.310 e. The molecule has 39 heavy (non-hydrogen) atoms. The number of hydrogen-bond donors (Lipinski definition) is 0. The van der Waals surface area contributed by atoms with Crippen molar-refractivity contribution in [3.05, 3.63) is 145 Å². The molecule has 2 heteroatoms. The van der Waals surface area contributed by atoms with Gasteiger partial charge in [-0.05, 0) is 59.9 Å². The summed E-state index contributed by atoms with van der Waals surface area (Å²) in [6.07, 6.45) is 8.39. The summed E-state index contributed by atoms with van der Waals surface area (Å²) in [7, 11) is 0. The maximum absolute atomic E-state index is 2.52. The zero-order valence-electron chi connectivity index (χ0n) is 21.5. The number of para-hydroxylation sites is 4. The van der Waals surface area contributed by atoms with Crippen LogP contribution in [-0.2, 0) is 6.42 Å². The van der Waals surface area contributed by atoms with Gasteiger partial charge in [-0.3, -0.25) is 0 Å². The summed E-state index contributed by atoms with van der Waals surface area (Å²) >= 11 is 0. The summed E-state index contributed by atoms with van der Waals surface area (Å²) in [6.45, 7) is 0. The van der Waals surface area contributed by atoms with Gasteiger partial charge in [0.15, 0.2) is 0 Å². The zero-order chi connectivity index (χ0) is 25.5. The van der Waals surface area contributed by atoms with Gasteiger partial charge in [0.1, 0.15) is 0 Å². The minimum atomic E-state index is 0.368. The van der Waals surface area contributed by atoms with E-state index < -0.39 is 0 Å². The normalized spacial score (nSPS) is 18.2. The van der Waals surface area contributed by atoms with Gasteiger partial charge < -0.3 is 9.13 Å². The van der Waals surface area contributed by atoms with Crippen LogP contribution in [0.15, 0.2) is 133 Å². The molecule has 0 bridgehead atoms. The number of rotatable bonds is 2. The van der Waals surface area contributed by atoms with E-state index in [4.69, 9.17) is 0 Å². The lowest BCUT2D eigenvalue weighted by molar-refractivity contribution is 0.629. The van der Waals surface area contributed by atoms with Crippen molar-refractivity contribution >= 4 is 49.3 Å². The van der Waals surface area contributed by atoms with Crippen molar-refractivity contribution in [3.63, 3.8) is 0 Å². The topological polar surface area (TPSA) is 9.86 Å². The summed E-state index contributed by atoms with van der Waals surface area (Å²) in [5, 5.41) is 5.25. The monoisotopic (exact) mass is 498 g/mol. The minimum Gasteiger partial charge on any atom is -0.310 e. The van der Waals surface area contributed by atoms with Crippen LogP contribution in [0.4, 0.5) is 0 Å². The Morgan fingerprint density at radius 2 is 1.03 bits per heavy atom. The maximum Gasteiger partial charge on any atom is 0.0541 e. The molecule has 2 atom stereocenters. The number of nitrogens with zero attached hydrogens (tertiary/aromatic N) is 2. The SMILES string of the molecule is C1=CC2Cc3c(cccc3-n3c4ccccc4c4ccccc43)C2C=C1n1c2ccccc2c2ccccc21. The number of fused-ring (bicyclic) bond motifs is 9. The molecular weight excluding hydrogens is 472 g/mol. The molecule has 0 radical (unpaired) electrons. The Labute approximate surface area is 226 Å². The van der Waals surface area contributed by atoms with Gasteiger partial charge in [-0.1, -0.05) is 97.1 Å². The number of hydrogen-bond acceptors (Lipinski definition) is 0. The molecule has 2 unspecified atom stereocenters. The van der Waals surface area contributed by atoms with Crippen molar-refractivity contribution in [1.82, 2.24) is 9.13 Å². The Kier molecular flexibility index (Phi) is 4.25. The van der Waals surface area contributed by atoms with Crippen molar-refractivity contribution in [2.75, 3.05) is 0 Å². The lowest BCUT2D eigenvalue weighted by Gasteiger charge is -2.21. The second kappa shape index (κ2) is 7.85. The average molecular weight is 499 g/mol. The van der Waals surface area contributed by atoms with Crippen LogP contribution in [0.2, 0.25) is 0 Å². The smallest absolute Gasteiger partial charge is 0.0541 e. The van der Waals surface area contributed by atoms with Gasteiger partial charge in [0.05, 0.1) is 22.1 Å². The summed E-state index contributed by atoms with van der Waals surface area (Å²) in [5.74, 6) is 0.846. The van der Waals surface area contributed by atoms with Gasteiger partial charge in [-0.2, -0.15) is 0 Å². The molecule has 0 saturated carbocycles. The zero-order valence-corrected chi connectivity index (χ0v) is 21.5. The molecule has 9 rings (SSSR count). The first-order valence-corrected chi connectivity index (χ1v) is 13.9. The van der Waals surface area contributed by atoms with Crippen LogP contribution in [0.25, 0.3) is 55.0 Å². The van der Waals surface area contributed by atoms with Gasteiger partial charge in [0.25, 0.3) is 0 Å². The van der Waals surface area contributed by atoms with E-state index in [9.17, 15) is 0 Å². The highest BCUT2D eigenvalue weighted by Gasteiger charge is 2.34. The third kappa shape index (κ3) is 2.86. The third-order valence-electron chi connectivity index (χ3n) is 8.97. The van der Waals surface area contributed by atoms with Crippen molar-refractivity contribution in [1.29, 1.82) is 0 Å². The van der Waals surface area contributed by atoms with Crippen LogP contribution >= 0.6 is 0 Å². The van der Waals surface area contributed by atoms with Crippen molar-refractivity contribution in [3.8, 4) is 5.69 Å². The molecule has 0 N–H and O–H groups in total. The van der Waals surface area contributed by atoms with Gasteiger partial charge in [0, 0.05) is 38.8 Å². The van der Waals surface area contributed by atoms with Crippen molar-refractivity contribution < 1.29 is 0 Å². The van der Waals surface area contributed by atoms with E-state index in [0.29, 0.717) is 11.8 Å². The summed E-state index contributed by atoms with van der Waals surface area (Å²) in [6, 6.07) is 42.1. The Balaban J connectivity index is 1.25. The molecule has 2 aromatic heterocycles. The first-order valence-electron chi connectivity index (χ1n) is 13.9. The molecule has 0 aliphatic heterocycles. The lowest BCUT2D eigenvalue weighted by atomic mass is 9.87. The third-order valence-corrected chi connectivity index (χ3v) is 8.97. The van der Waals surface area contributed by atoms with Gasteiger partial charge in [-0.15, -0.1) is 0 Å². The van der Waals surface area contributed by atoms with Gasteiger partial charge in [-0.25, -0.2) is 0 Å². The standard InChI is InChI=1S/C37H26N2/c1-5-15-33-27(10-1)28-11-2-6-16-34(28)38(33)25-21-20-24-22-32-26(31(24)23-25)14-9-19-37(32)39-35-17-7-3-12-29(35)30-13-4-8-18-36(30)39/h1-21,23-24,31H,22H2. The molecule has 0 amide bonds. The molecule has 5 aromatic carbocycles. The second-order valence-electron chi connectivity index (χ2n) is 10.9. The fraction of sp³-hybridized carbons (Fsp3) is 0.0811. The molecule has 2 aliphatic carbocycles. The molecule has 2 aliphatic rings. The Morgan fingerprint density at radius 3 is 1.59 bits per heavy atom. The first-order chi connectivity index (χ1) is 19.4. The fourth-order valence-electron chi connectivity index (χ4n) is 7.32. The van der Waals surface area contributed by atoms with E-state index in [0.717, 1.165) is 6.42 Å². The van der Waals surface area contributed by atoms with Crippen LogP contribution in [0.3, 0.4) is 0 Å². The molecule has 2 heterocycles.